The van der Waals surface area contributed by atoms with Crippen molar-refractivity contribution in [3.05, 3.63) is 64.7 Å². The number of carbonyl (C=O) groups excluding carboxylic acids is 2. The normalized spacial score (nSPS) is 15.7. The summed E-state index contributed by atoms with van der Waals surface area (Å²) in [4.78, 5) is 26.8. The summed E-state index contributed by atoms with van der Waals surface area (Å²) in [5.74, 6) is -0.315. The van der Waals surface area contributed by atoms with Crippen molar-refractivity contribution in [1.82, 2.24) is 10.6 Å². The minimum absolute atomic E-state index is 0.115. The van der Waals surface area contributed by atoms with Gasteiger partial charge >= 0.3 is 0 Å². The fraction of sp³-hybridized carbons (Fsp3) is 0.391. The Morgan fingerprint density at radius 3 is 2.32 bits per heavy atom. The number of hydrogen-bond donors (Lipinski definition) is 3. The van der Waals surface area contributed by atoms with Gasteiger partial charge in [0.25, 0.3) is 11.8 Å². The predicted octanol–water partition coefficient (Wildman–Crippen LogP) is 4.67. The molecule has 0 heterocycles. The van der Waals surface area contributed by atoms with Crippen LogP contribution in [0.2, 0.25) is 0 Å². The first kappa shape index (κ1) is 20.5. The highest BCUT2D eigenvalue weighted by Gasteiger charge is 2.36. The molecule has 28 heavy (non-hydrogen) atoms. The molecule has 5 heteroatoms. The van der Waals surface area contributed by atoms with Crippen LogP contribution >= 0.6 is 12.6 Å². The Labute approximate surface area is 172 Å². The van der Waals surface area contributed by atoms with Crippen molar-refractivity contribution in [2.45, 2.75) is 62.9 Å². The number of nitrogens with one attached hydrogen (secondary N) is 2. The van der Waals surface area contributed by atoms with Gasteiger partial charge in [-0.05, 0) is 62.3 Å². The van der Waals surface area contributed by atoms with Crippen LogP contribution in [0.15, 0.2) is 47.4 Å². The number of benzene rings is 2. The van der Waals surface area contributed by atoms with Crippen LogP contribution in [0.1, 0.15) is 70.9 Å². The highest BCUT2D eigenvalue weighted by molar-refractivity contribution is 7.80. The van der Waals surface area contributed by atoms with Crippen LogP contribution in [0, 0.1) is 6.92 Å². The van der Waals surface area contributed by atoms with Crippen molar-refractivity contribution in [2.75, 3.05) is 0 Å². The fourth-order valence-corrected chi connectivity index (χ4v) is 4.28. The zero-order valence-corrected chi connectivity index (χ0v) is 17.4. The Kier molecular flexibility index (Phi) is 6.45. The molecule has 1 fully saturated rings. The Morgan fingerprint density at radius 2 is 1.64 bits per heavy atom. The van der Waals surface area contributed by atoms with Gasteiger partial charge in [-0.3, -0.25) is 9.59 Å². The van der Waals surface area contributed by atoms with Crippen LogP contribution in [-0.2, 0) is 6.42 Å². The van der Waals surface area contributed by atoms with Crippen molar-refractivity contribution >= 4 is 24.4 Å². The van der Waals surface area contributed by atoms with Crippen LogP contribution in [0.25, 0.3) is 0 Å². The summed E-state index contributed by atoms with van der Waals surface area (Å²) >= 11 is 4.40. The highest BCUT2D eigenvalue weighted by Crippen LogP contribution is 2.28. The maximum absolute atomic E-state index is 13.2. The number of carbonyl (C=O) groups is 2. The molecule has 0 bridgehead atoms. The molecule has 0 saturated heterocycles. The Morgan fingerprint density at radius 1 is 0.964 bits per heavy atom. The van der Waals surface area contributed by atoms with Crippen LogP contribution in [0.3, 0.4) is 0 Å². The third-order valence-corrected chi connectivity index (χ3v) is 5.92. The van der Waals surface area contributed by atoms with E-state index in [9.17, 15) is 9.59 Å². The lowest BCUT2D eigenvalue weighted by molar-refractivity contribution is 0.0743. The van der Waals surface area contributed by atoms with E-state index in [2.05, 4.69) is 23.3 Å². The van der Waals surface area contributed by atoms with Crippen molar-refractivity contribution in [3.63, 3.8) is 0 Å². The van der Waals surface area contributed by atoms with E-state index >= 15 is 0 Å². The largest absolute Gasteiger partial charge is 0.329 e. The molecular weight excluding hydrogens is 368 g/mol. The molecular formula is C23H28N2O2S. The average molecular weight is 397 g/mol. The van der Waals surface area contributed by atoms with Crippen molar-refractivity contribution in [3.8, 4) is 0 Å². The van der Waals surface area contributed by atoms with E-state index in [1.54, 1.807) is 12.1 Å². The topological polar surface area (TPSA) is 58.2 Å². The Hall–Kier alpha value is -2.27. The molecule has 2 amide bonds. The van der Waals surface area contributed by atoms with Crippen molar-refractivity contribution < 1.29 is 9.59 Å². The van der Waals surface area contributed by atoms with Crippen LogP contribution in [0.5, 0.6) is 0 Å². The van der Waals surface area contributed by atoms with E-state index in [-0.39, 0.29) is 11.8 Å². The minimum atomic E-state index is -0.726. The standard InChI is InChI=1S/C23H28N2O2S/c1-3-17-11-9-10-16(2)20(17)22(27)25-23(14-7-4-8-15-23)24-21(26)18-12-5-6-13-19(18)28/h5-6,9-13,28H,3-4,7-8,14-15H2,1-2H3,(H,24,26)(H,25,27). The molecule has 0 atom stereocenters. The number of rotatable bonds is 5. The van der Waals surface area contributed by atoms with E-state index < -0.39 is 5.66 Å². The second kappa shape index (κ2) is 8.82. The Bertz CT molecular complexity index is 873. The zero-order chi connectivity index (χ0) is 20.1. The van der Waals surface area contributed by atoms with Gasteiger partial charge < -0.3 is 10.6 Å². The molecule has 2 aromatic carbocycles. The lowest BCUT2D eigenvalue weighted by atomic mass is 9.87. The van der Waals surface area contributed by atoms with Gasteiger partial charge in [0.1, 0.15) is 5.66 Å². The van der Waals surface area contributed by atoms with Crippen LogP contribution in [-0.4, -0.2) is 17.5 Å². The van der Waals surface area contributed by atoms with E-state index in [4.69, 9.17) is 0 Å². The second-order valence-electron chi connectivity index (χ2n) is 7.53. The summed E-state index contributed by atoms with van der Waals surface area (Å²) in [6, 6.07) is 13.1. The van der Waals surface area contributed by atoms with Gasteiger partial charge in [0.05, 0.1) is 5.56 Å². The minimum Gasteiger partial charge on any atom is -0.329 e. The molecule has 2 aromatic rings. The molecule has 148 valence electrons. The van der Waals surface area contributed by atoms with Gasteiger partial charge in [0, 0.05) is 10.5 Å². The summed E-state index contributed by atoms with van der Waals surface area (Å²) < 4.78 is 0. The van der Waals surface area contributed by atoms with E-state index in [0.717, 1.165) is 55.2 Å². The molecule has 0 unspecified atom stereocenters. The molecule has 0 spiro atoms. The van der Waals surface area contributed by atoms with E-state index in [0.29, 0.717) is 10.5 Å². The highest BCUT2D eigenvalue weighted by atomic mass is 32.1. The number of hydrogen-bond acceptors (Lipinski definition) is 3. The maximum atomic E-state index is 13.2. The van der Waals surface area contributed by atoms with Crippen molar-refractivity contribution in [1.29, 1.82) is 0 Å². The molecule has 2 N–H and O–H groups in total. The van der Waals surface area contributed by atoms with Gasteiger partial charge in [-0.25, -0.2) is 0 Å². The van der Waals surface area contributed by atoms with Crippen LogP contribution in [0.4, 0.5) is 0 Å². The Balaban J connectivity index is 1.87. The summed E-state index contributed by atoms with van der Waals surface area (Å²) in [5, 5.41) is 6.32. The fourth-order valence-electron chi connectivity index (χ4n) is 4.01. The zero-order valence-electron chi connectivity index (χ0n) is 16.5. The third kappa shape index (κ3) is 4.41. The lowest BCUT2D eigenvalue weighted by Gasteiger charge is -2.39. The summed E-state index contributed by atoms with van der Waals surface area (Å²) in [6.07, 6.45) is 5.30. The number of thiol groups is 1. The third-order valence-electron chi connectivity index (χ3n) is 5.53. The second-order valence-corrected chi connectivity index (χ2v) is 8.01. The van der Waals surface area contributed by atoms with E-state index in [1.807, 2.05) is 44.2 Å². The first-order chi connectivity index (χ1) is 13.5. The van der Waals surface area contributed by atoms with Gasteiger partial charge in [0.15, 0.2) is 0 Å². The smallest absolute Gasteiger partial charge is 0.254 e. The summed E-state index contributed by atoms with van der Waals surface area (Å²) in [6.45, 7) is 4.00. The first-order valence-electron chi connectivity index (χ1n) is 9.97. The lowest BCUT2D eigenvalue weighted by Crippen LogP contribution is -2.61. The maximum Gasteiger partial charge on any atom is 0.254 e. The van der Waals surface area contributed by atoms with Crippen LogP contribution < -0.4 is 10.6 Å². The molecule has 3 rings (SSSR count). The molecule has 1 saturated carbocycles. The molecule has 4 nitrogen and oxygen atoms in total. The number of amides is 2. The monoisotopic (exact) mass is 396 g/mol. The predicted molar refractivity (Wildman–Crippen MR) is 115 cm³/mol. The average Bonchev–Trinajstić information content (AvgIpc) is 2.68. The van der Waals surface area contributed by atoms with Gasteiger partial charge in [-0.2, -0.15) is 0 Å². The van der Waals surface area contributed by atoms with E-state index in [1.165, 1.54) is 0 Å². The number of aryl methyl sites for hydroxylation is 2. The SMILES string of the molecule is CCc1cccc(C)c1C(=O)NC1(NC(=O)c2ccccc2S)CCCCC1. The summed E-state index contributed by atoms with van der Waals surface area (Å²) in [7, 11) is 0. The van der Waals surface area contributed by atoms with Gasteiger partial charge in [-0.1, -0.05) is 43.7 Å². The molecule has 0 aromatic heterocycles. The molecule has 1 aliphatic carbocycles. The van der Waals surface area contributed by atoms with Crippen molar-refractivity contribution in [2.24, 2.45) is 0 Å². The quantitative estimate of drug-likeness (QED) is 0.508. The summed E-state index contributed by atoms with van der Waals surface area (Å²) in [5.41, 5.74) is 2.50. The van der Waals surface area contributed by atoms with Gasteiger partial charge in [0.2, 0.25) is 0 Å². The molecule has 1 aliphatic rings. The first-order valence-corrected chi connectivity index (χ1v) is 10.4. The van der Waals surface area contributed by atoms with Gasteiger partial charge in [-0.15, -0.1) is 12.6 Å². The molecule has 0 radical (unpaired) electrons. The molecule has 0 aliphatic heterocycles.